The van der Waals surface area contributed by atoms with E-state index in [4.69, 9.17) is 21.1 Å². The summed E-state index contributed by atoms with van der Waals surface area (Å²) in [6.45, 7) is 4.45. The topological polar surface area (TPSA) is 42.0 Å². The van der Waals surface area contributed by atoms with Crippen molar-refractivity contribution >= 4 is 17.5 Å². The fourth-order valence-corrected chi connectivity index (χ4v) is 3.58. The van der Waals surface area contributed by atoms with Gasteiger partial charge in [-0.2, -0.15) is 0 Å². The van der Waals surface area contributed by atoms with Crippen LogP contribution in [0.2, 0.25) is 5.02 Å². The van der Waals surface area contributed by atoms with E-state index in [2.05, 4.69) is 11.0 Å². The summed E-state index contributed by atoms with van der Waals surface area (Å²) >= 11 is 6.04. The van der Waals surface area contributed by atoms with Gasteiger partial charge in [-0.3, -0.25) is 9.69 Å². The standard InChI is InChI=1S/C20H21ClN2O3/c21-17-3-1-2-15(12-17)6-7-22-8-10-23(11-9-22)20(24)16-4-5-18-19(13-16)26-14-25-18/h1-5,12-13H,6-11,14H2. The third-order valence-corrected chi connectivity index (χ3v) is 5.12. The SMILES string of the molecule is O=C(c1ccc2c(c1)OCO2)N1CCN(CCc2cccc(Cl)c2)CC1. The molecule has 2 aliphatic rings. The van der Waals surface area contributed by atoms with Crippen molar-refractivity contribution in [2.24, 2.45) is 0 Å². The van der Waals surface area contributed by atoms with Crippen LogP contribution in [0.15, 0.2) is 42.5 Å². The van der Waals surface area contributed by atoms with Gasteiger partial charge in [0, 0.05) is 43.3 Å². The van der Waals surface area contributed by atoms with Crippen molar-refractivity contribution < 1.29 is 14.3 Å². The van der Waals surface area contributed by atoms with Crippen LogP contribution in [-0.2, 0) is 6.42 Å². The summed E-state index contributed by atoms with van der Waals surface area (Å²) in [6, 6.07) is 13.4. The number of halogens is 1. The van der Waals surface area contributed by atoms with Gasteiger partial charge in [-0.1, -0.05) is 23.7 Å². The second-order valence-corrected chi connectivity index (χ2v) is 7.02. The molecule has 2 aliphatic heterocycles. The van der Waals surface area contributed by atoms with Gasteiger partial charge >= 0.3 is 0 Å². The highest BCUT2D eigenvalue weighted by molar-refractivity contribution is 6.30. The van der Waals surface area contributed by atoms with Crippen molar-refractivity contribution in [3.63, 3.8) is 0 Å². The molecular formula is C20H21ClN2O3. The van der Waals surface area contributed by atoms with Gasteiger partial charge in [0.1, 0.15) is 0 Å². The first-order valence-corrected chi connectivity index (χ1v) is 9.22. The van der Waals surface area contributed by atoms with E-state index in [0.717, 1.165) is 44.2 Å². The van der Waals surface area contributed by atoms with Gasteiger partial charge < -0.3 is 14.4 Å². The largest absolute Gasteiger partial charge is 0.454 e. The smallest absolute Gasteiger partial charge is 0.254 e. The zero-order valence-electron chi connectivity index (χ0n) is 14.5. The minimum atomic E-state index is 0.0535. The number of piperazine rings is 1. The molecule has 2 aromatic carbocycles. The summed E-state index contributed by atoms with van der Waals surface area (Å²) in [7, 11) is 0. The molecule has 0 aromatic heterocycles. The Balaban J connectivity index is 1.30. The molecule has 136 valence electrons. The van der Waals surface area contributed by atoms with Gasteiger partial charge in [-0.25, -0.2) is 0 Å². The van der Waals surface area contributed by atoms with Gasteiger partial charge in [-0.15, -0.1) is 0 Å². The number of ether oxygens (including phenoxy) is 2. The molecule has 0 saturated carbocycles. The van der Waals surface area contributed by atoms with E-state index in [0.29, 0.717) is 17.1 Å². The molecule has 1 saturated heterocycles. The molecular weight excluding hydrogens is 352 g/mol. The zero-order chi connectivity index (χ0) is 17.9. The van der Waals surface area contributed by atoms with E-state index < -0.39 is 0 Å². The Morgan fingerprint density at radius 3 is 2.62 bits per heavy atom. The Labute approximate surface area is 158 Å². The molecule has 0 bridgehead atoms. The lowest BCUT2D eigenvalue weighted by atomic mass is 10.1. The Morgan fingerprint density at radius 1 is 1.00 bits per heavy atom. The second-order valence-electron chi connectivity index (χ2n) is 6.58. The van der Waals surface area contributed by atoms with Crippen LogP contribution < -0.4 is 9.47 Å². The molecule has 26 heavy (non-hydrogen) atoms. The molecule has 0 N–H and O–H groups in total. The lowest BCUT2D eigenvalue weighted by Crippen LogP contribution is -2.49. The van der Waals surface area contributed by atoms with Gasteiger partial charge in [0.15, 0.2) is 11.5 Å². The van der Waals surface area contributed by atoms with Crippen LogP contribution in [0.25, 0.3) is 0 Å². The molecule has 0 unspecified atom stereocenters. The van der Waals surface area contributed by atoms with Gasteiger partial charge in [0.05, 0.1) is 0 Å². The maximum absolute atomic E-state index is 12.7. The normalized spacial score (nSPS) is 16.7. The lowest BCUT2D eigenvalue weighted by molar-refractivity contribution is 0.0638. The molecule has 2 aromatic rings. The predicted octanol–water partition coefficient (Wildman–Crippen LogP) is 3.07. The van der Waals surface area contributed by atoms with Crippen LogP contribution in [0.3, 0.4) is 0 Å². The second kappa shape index (κ2) is 7.56. The molecule has 0 radical (unpaired) electrons. The number of carbonyl (C=O) groups excluding carboxylic acids is 1. The zero-order valence-corrected chi connectivity index (χ0v) is 15.2. The van der Waals surface area contributed by atoms with E-state index in [-0.39, 0.29) is 12.7 Å². The van der Waals surface area contributed by atoms with Crippen LogP contribution in [-0.4, -0.2) is 55.2 Å². The monoisotopic (exact) mass is 372 g/mol. The molecule has 5 nitrogen and oxygen atoms in total. The maximum Gasteiger partial charge on any atom is 0.254 e. The quantitative estimate of drug-likeness (QED) is 0.827. The average Bonchev–Trinajstić information content (AvgIpc) is 3.14. The number of benzene rings is 2. The highest BCUT2D eigenvalue weighted by Gasteiger charge is 2.24. The van der Waals surface area contributed by atoms with E-state index in [1.807, 2.05) is 23.1 Å². The number of nitrogens with zero attached hydrogens (tertiary/aromatic N) is 2. The molecule has 4 rings (SSSR count). The van der Waals surface area contributed by atoms with Crippen molar-refractivity contribution in [3.05, 3.63) is 58.6 Å². The van der Waals surface area contributed by atoms with E-state index in [1.54, 1.807) is 18.2 Å². The fourth-order valence-electron chi connectivity index (χ4n) is 3.37. The first-order chi connectivity index (χ1) is 12.7. The van der Waals surface area contributed by atoms with Gasteiger partial charge in [-0.05, 0) is 42.3 Å². The van der Waals surface area contributed by atoms with Crippen LogP contribution in [0.1, 0.15) is 15.9 Å². The number of carbonyl (C=O) groups is 1. The number of hydrogen-bond donors (Lipinski definition) is 0. The molecule has 0 atom stereocenters. The summed E-state index contributed by atoms with van der Waals surface area (Å²) < 4.78 is 10.7. The fraction of sp³-hybridized carbons (Fsp3) is 0.350. The molecule has 6 heteroatoms. The van der Waals surface area contributed by atoms with Crippen molar-refractivity contribution in [2.45, 2.75) is 6.42 Å². The molecule has 0 spiro atoms. The predicted molar refractivity (Wildman–Crippen MR) is 100 cm³/mol. The summed E-state index contributed by atoms with van der Waals surface area (Å²) in [5.74, 6) is 1.40. The summed E-state index contributed by atoms with van der Waals surface area (Å²) in [4.78, 5) is 17.0. The van der Waals surface area contributed by atoms with Crippen LogP contribution in [0.4, 0.5) is 0 Å². The first kappa shape index (κ1) is 17.2. The van der Waals surface area contributed by atoms with Crippen molar-refractivity contribution in [1.29, 1.82) is 0 Å². The van der Waals surface area contributed by atoms with E-state index >= 15 is 0 Å². The molecule has 1 amide bonds. The highest BCUT2D eigenvalue weighted by Crippen LogP contribution is 2.32. The summed E-state index contributed by atoms with van der Waals surface area (Å²) in [6.07, 6.45) is 0.969. The van der Waals surface area contributed by atoms with Gasteiger partial charge in [0.2, 0.25) is 6.79 Å². The van der Waals surface area contributed by atoms with Crippen LogP contribution in [0, 0.1) is 0 Å². The highest BCUT2D eigenvalue weighted by atomic mass is 35.5. The summed E-state index contributed by atoms with van der Waals surface area (Å²) in [5, 5.41) is 0.779. The number of rotatable bonds is 4. The number of amides is 1. The maximum atomic E-state index is 12.7. The minimum absolute atomic E-state index is 0.0535. The van der Waals surface area contributed by atoms with Crippen molar-refractivity contribution in [2.75, 3.05) is 39.5 Å². The van der Waals surface area contributed by atoms with E-state index in [1.165, 1.54) is 5.56 Å². The first-order valence-electron chi connectivity index (χ1n) is 8.85. The lowest BCUT2D eigenvalue weighted by Gasteiger charge is -2.34. The average molecular weight is 373 g/mol. The third-order valence-electron chi connectivity index (χ3n) is 4.88. The Morgan fingerprint density at radius 2 is 1.81 bits per heavy atom. The Kier molecular flexibility index (Phi) is 5.00. The molecule has 2 heterocycles. The van der Waals surface area contributed by atoms with Crippen LogP contribution in [0.5, 0.6) is 11.5 Å². The number of fused-ring (bicyclic) bond motifs is 1. The summed E-state index contributed by atoms with van der Waals surface area (Å²) in [5.41, 5.74) is 1.90. The Hall–Kier alpha value is -2.24. The van der Waals surface area contributed by atoms with Crippen molar-refractivity contribution in [1.82, 2.24) is 9.80 Å². The Bertz CT molecular complexity index is 803. The number of hydrogen-bond acceptors (Lipinski definition) is 4. The molecule has 1 fully saturated rings. The van der Waals surface area contributed by atoms with Crippen LogP contribution >= 0.6 is 11.6 Å². The molecule has 0 aliphatic carbocycles. The van der Waals surface area contributed by atoms with E-state index in [9.17, 15) is 4.79 Å². The van der Waals surface area contributed by atoms with Gasteiger partial charge in [0.25, 0.3) is 5.91 Å². The minimum Gasteiger partial charge on any atom is -0.454 e. The van der Waals surface area contributed by atoms with Crippen molar-refractivity contribution in [3.8, 4) is 11.5 Å². The third kappa shape index (κ3) is 3.79.